The minimum Gasteiger partial charge on any atom is -0.370 e. The van der Waals surface area contributed by atoms with E-state index in [9.17, 15) is 4.79 Å². The number of hydrogen-bond donors (Lipinski definition) is 1. The maximum absolute atomic E-state index is 9.82. The minimum absolute atomic E-state index is 0.211. The number of nitrogens with zero attached hydrogens (tertiary/aromatic N) is 2. The third-order valence-electron chi connectivity index (χ3n) is 1.91. The van der Waals surface area contributed by atoms with Crippen LogP contribution < -0.4 is 5.73 Å². The van der Waals surface area contributed by atoms with Crippen LogP contribution in [0.3, 0.4) is 0 Å². The number of primary amides is 1. The molecule has 0 aliphatic heterocycles. The van der Waals surface area contributed by atoms with E-state index in [0.29, 0.717) is 6.42 Å². The summed E-state index contributed by atoms with van der Waals surface area (Å²) in [6.07, 6.45) is 4.74. The van der Waals surface area contributed by atoms with Crippen LogP contribution in [-0.2, 0) is 4.79 Å². The van der Waals surface area contributed by atoms with Gasteiger partial charge in [-0.1, -0.05) is 25.1 Å². The molecule has 0 spiro atoms. The van der Waals surface area contributed by atoms with Gasteiger partial charge < -0.3 is 5.73 Å². The molecule has 16 heavy (non-hydrogen) atoms. The van der Waals surface area contributed by atoms with E-state index < -0.39 is 0 Å². The highest BCUT2D eigenvalue weighted by Crippen LogP contribution is 2.06. The molecule has 0 fully saturated rings. The molecule has 4 heteroatoms. The largest absolute Gasteiger partial charge is 0.370 e. The molecule has 0 unspecified atom stereocenters. The van der Waals surface area contributed by atoms with Gasteiger partial charge in [0.05, 0.1) is 5.52 Å². The first-order valence-corrected chi connectivity index (χ1v) is 5.17. The summed E-state index contributed by atoms with van der Waals surface area (Å²) in [5.74, 6) is -0.211. The summed E-state index contributed by atoms with van der Waals surface area (Å²) in [5.41, 5.74) is 5.76. The van der Waals surface area contributed by atoms with E-state index in [1.54, 1.807) is 6.33 Å². The van der Waals surface area contributed by atoms with Gasteiger partial charge in [0.15, 0.2) is 0 Å². The van der Waals surface area contributed by atoms with Gasteiger partial charge in [-0.2, -0.15) is 0 Å². The maximum atomic E-state index is 9.82. The van der Waals surface area contributed by atoms with Gasteiger partial charge in [-0.3, -0.25) is 4.79 Å². The molecule has 1 amide bonds. The van der Waals surface area contributed by atoms with E-state index in [2.05, 4.69) is 9.97 Å². The van der Waals surface area contributed by atoms with Gasteiger partial charge >= 0.3 is 0 Å². The van der Waals surface area contributed by atoms with Crippen molar-refractivity contribution in [1.29, 1.82) is 0 Å². The number of para-hydroxylation sites is 1. The molecule has 2 N–H and O–H groups in total. The molecule has 0 aliphatic carbocycles. The third-order valence-corrected chi connectivity index (χ3v) is 1.91. The van der Waals surface area contributed by atoms with Crippen LogP contribution in [-0.4, -0.2) is 15.9 Å². The summed E-state index contributed by atoms with van der Waals surface area (Å²) >= 11 is 0. The van der Waals surface area contributed by atoms with Crippen LogP contribution in [0.4, 0.5) is 0 Å². The lowest BCUT2D eigenvalue weighted by Gasteiger charge is -1.90. The molecule has 1 aromatic carbocycles. The number of hydrogen-bond acceptors (Lipinski definition) is 3. The molecular weight excluding hydrogens is 202 g/mol. The van der Waals surface area contributed by atoms with Gasteiger partial charge in [-0.05, 0) is 12.5 Å². The Labute approximate surface area is 94.5 Å². The first-order valence-electron chi connectivity index (χ1n) is 5.17. The molecule has 4 nitrogen and oxygen atoms in total. The Bertz CT molecular complexity index is 391. The Hall–Kier alpha value is -1.97. The summed E-state index contributed by atoms with van der Waals surface area (Å²) in [5, 5.41) is 1.09. The van der Waals surface area contributed by atoms with Crippen molar-refractivity contribution < 1.29 is 4.79 Å². The third kappa shape index (κ3) is 4.04. The van der Waals surface area contributed by atoms with E-state index in [1.165, 1.54) is 0 Å². The lowest BCUT2D eigenvalue weighted by Crippen LogP contribution is -2.08. The van der Waals surface area contributed by atoms with Gasteiger partial charge in [-0.15, -0.1) is 0 Å². The van der Waals surface area contributed by atoms with Crippen molar-refractivity contribution in [2.45, 2.75) is 19.8 Å². The van der Waals surface area contributed by atoms with E-state index >= 15 is 0 Å². The number of aromatic nitrogens is 2. The van der Waals surface area contributed by atoms with Crippen molar-refractivity contribution in [3.05, 3.63) is 36.8 Å². The van der Waals surface area contributed by atoms with E-state index in [0.717, 1.165) is 17.3 Å². The van der Waals surface area contributed by atoms with Gasteiger partial charge in [0.1, 0.15) is 6.33 Å². The average Bonchev–Trinajstić information content (AvgIpc) is 2.30. The zero-order chi connectivity index (χ0) is 11.8. The molecule has 0 saturated heterocycles. The fourth-order valence-electron chi connectivity index (χ4n) is 1.17. The topological polar surface area (TPSA) is 68.9 Å². The molecule has 2 aromatic rings. The highest BCUT2D eigenvalue weighted by atomic mass is 16.1. The van der Waals surface area contributed by atoms with Crippen LogP contribution >= 0.6 is 0 Å². The summed E-state index contributed by atoms with van der Waals surface area (Å²) in [6.45, 7) is 1.92. The van der Waals surface area contributed by atoms with Crippen molar-refractivity contribution in [1.82, 2.24) is 9.97 Å². The molecule has 0 aliphatic rings. The molecule has 0 radical (unpaired) electrons. The Morgan fingerprint density at radius 1 is 1.38 bits per heavy atom. The zero-order valence-electron chi connectivity index (χ0n) is 9.26. The lowest BCUT2D eigenvalue weighted by molar-refractivity contribution is -0.118. The normalized spacial score (nSPS) is 9.31. The number of benzene rings is 1. The Balaban J connectivity index is 0.000000187. The van der Waals surface area contributed by atoms with Crippen LogP contribution in [0.15, 0.2) is 36.8 Å². The number of nitrogens with two attached hydrogens (primary N) is 1. The minimum atomic E-state index is -0.211. The van der Waals surface area contributed by atoms with Gasteiger partial charge in [0.2, 0.25) is 5.91 Å². The van der Waals surface area contributed by atoms with Crippen molar-refractivity contribution in [2.24, 2.45) is 5.73 Å². The van der Waals surface area contributed by atoms with Gasteiger partial charge in [0, 0.05) is 18.0 Å². The quantitative estimate of drug-likeness (QED) is 0.835. The van der Waals surface area contributed by atoms with Crippen LogP contribution in [0.1, 0.15) is 19.8 Å². The standard InChI is InChI=1S/C8H6N2.C4H9NO/c1-2-4-8-7(3-1)5-9-6-10-8;1-2-3-4(5)6/h1-6H;2-3H2,1H3,(H2,5,6). The summed E-state index contributed by atoms with van der Waals surface area (Å²) in [6, 6.07) is 7.91. The second kappa shape index (κ2) is 6.50. The molecule has 2 rings (SSSR count). The highest BCUT2D eigenvalue weighted by molar-refractivity contribution is 5.76. The summed E-state index contributed by atoms with van der Waals surface area (Å²) < 4.78 is 0. The van der Waals surface area contributed by atoms with Gasteiger partial charge in [0.25, 0.3) is 0 Å². The van der Waals surface area contributed by atoms with Crippen molar-refractivity contribution >= 4 is 16.8 Å². The zero-order valence-corrected chi connectivity index (χ0v) is 9.26. The lowest BCUT2D eigenvalue weighted by atomic mass is 10.2. The molecule has 0 bridgehead atoms. The summed E-state index contributed by atoms with van der Waals surface area (Å²) in [4.78, 5) is 17.8. The highest BCUT2D eigenvalue weighted by Gasteiger charge is 1.87. The monoisotopic (exact) mass is 217 g/mol. The predicted octanol–water partition coefficient (Wildman–Crippen LogP) is 1.90. The smallest absolute Gasteiger partial charge is 0.217 e. The van der Waals surface area contributed by atoms with Crippen LogP contribution in [0.25, 0.3) is 10.9 Å². The molecule has 1 aromatic heterocycles. The fraction of sp³-hybridized carbons (Fsp3) is 0.250. The Kier molecular flexibility index (Phi) is 4.92. The molecular formula is C12H15N3O. The van der Waals surface area contributed by atoms with Crippen LogP contribution in [0, 0.1) is 0 Å². The Morgan fingerprint density at radius 3 is 2.69 bits per heavy atom. The first-order chi connectivity index (χ1) is 7.74. The number of carbonyl (C=O) groups is 1. The molecule has 84 valence electrons. The average molecular weight is 217 g/mol. The van der Waals surface area contributed by atoms with Crippen molar-refractivity contribution in [3.63, 3.8) is 0 Å². The second-order valence-electron chi connectivity index (χ2n) is 3.30. The Morgan fingerprint density at radius 2 is 2.12 bits per heavy atom. The van der Waals surface area contributed by atoms with Crippen LogP contribution in [0.5, 0.6) is 0 Å². The van der Waals surface area contributed by atoms with E-state index in [1.807, 2.05) is 37.4 Å². The van der Waals surface area contributed by atoms with Crippen LogP contribution in [0.2, 0.25) is 0 Å². The molecule has 0 saturated carbocycles. The second-order valence-corrected chi connectivity index (χ2v) is 3.30. The fourth-order valence-corrected chi connectivity index (χ4v) is 1.17. The first kappa shape index (κ1) is 12.1. The number of rotatable bonds is 2. The number of carbonyl (C=O) groups excluding carboxylic acids is 1. The van der Waals surface area contributed by atoms with E-state index in [-0.39, 0.29) is 5.91 Å². The summed E-state index contributed by atoms with van der Waals surface area (Å²) in [7, 11) is 0. The van der Waals surface area contributed by atoms with E-state index in [4.69, 9.17) is 5.73 Å². The van der Waals surface area contributed by atoms with Crippen molar-refractivity contribution in [3.8, 4) is 0 Å². The molecule has 0 atom stereocenters. The predicted molar refractivity (Wildman–Crippen MR) is 63.6 cm³/mol. The number of fused-ring (bicyclic) bond motifs is 1. The van der Waals surface area contributed by atoms with Gasteiger partial charge in [-0.25, -0.2) is 9.97 Å². The number of amides is 1. The SMILES string of the molecule is CCCC(N)=O.c1ccc2ncncc2c1. The van der Waals surface area contributed by atoms with Crippen molar-refractivity contribution in [2.75, 3.05) is 0 Å². The maximum Gasteiger partial charge on any atom is 0.217 e. The molecule has 1 heterocycles.